The van der Waals surface area contributed by atoms with Crippen molar-refractivity contribution >= 4 is 11.7 Å². The number of hydrogen-bond acceptors (Lipinski definition) is 3. The zero-order valence-electron chi connectivity index (χ0n) is 9.19. The maximum atomic E-state index is 10.6. The number of anilines is 1. The van der Waals surface area contributed by atoms with Crippen molar-refractivity contribution < 1.29 is 9.53 Å². The number of benzene rings is 1. The third-order valence-corrected chi connectivity index (χ3v) is 2.11. The molecule has 0 atom stereocenters. The van der Waals surface area contributed by atoms with Crippen LogP contribution in [0.2, 0.25) is 0 Å². The number of ether oxygens (including phenoxy) is 1. The maximum absolute atomic E-state index is 10.6. The average Bonchev–Trinajstić information content (AvgIpc) is 2.25. The van der Waals surface area contributed by atoms with Crippen molar-refractivity contribution in [3.63, 3.8) is 0 Å². The molecule has 1 aromatic carbocycles. The van der Waals surface area contributed by atoms with Gasteiger partial charge in [0.15, 0.2) is 0 Å². The molecule has 1 aromatic rings. The molecule has 0 bridgehead atoms. The van der Waals surface area contributed by atoms with E-state index in [0.717, 1.165) is 18.8 Å². The molecule has 0 spiro atoms. The fourth-order valence-electron chi connectivity index (χ4n) is 1.36. The number of likely N-dealkylation sites (N-methyl/N-ethyl adjacent to an activating group) is 1. The fraction of sp³-hybridized carbons (Fsp3) is 0.417. The minimum atomic E-state index is -0.229. The van der Waals surface area contributed by atoms with E-state index in [4.69, 9.17) is 4.74 Å². The lowest BCUT2D eigenvalue weighted by atomic mass is 10.3. The van der Waals surface area contributed by atoms with Crippen LogP contribution < -0.4 is 4.90 Å². The normalized spacial score (nSPS) is 9.73. The number of esters is 1. The molecule has 0 aliphatic rings. The lowest BCUT2D eigenvalue weighted by Crippen LogP contribution is -2.27. The van der Waals surface area contributed by atoms with E-state index in [-0.39, 0.29) is 5.97 Å². The van der Waals surface area contributed by atoms with Gasteiger partial charge < -0.3 is 9.64 Å². The second-order valence-electron chi connectivity index (χ2n) is 3.18. The molecule has 0 N–H and O–H groups in total. The van der Waals surface area contributed by atoms with Gasteiger partial charge in [0.1, 0.15) is 6.61 Å². The van der Waals surface area contributed by atoms with Crippen LogP contribution >= 0.6 is 0 Å². The van der Waals surface area contributed by atoms with Gasteiger partial charge in [0.2, 0.25) is 0 Å². The first kappa shape index (κ1) is 11.6. The van der Waals surface area contributed by atoms with Crippen molar-refractivity contribution in [1.82, 2.24) is 0 Å². The summed E-state index contributed by atoms with van der Waals surface area (Å²) in [5, 5.41) is 0. The van der Waals surface area contributed by atoms with E-state index in [1.54, 1.807) is 0 Å². The van der Waals surface area contributed by atoms with Crippen LogP contribution in [-0.2, 0) is 9.53 Å². The molecule has 15 heavy (non-hydrogen) atoms. The molecule has 0 fully saturated rings. The molecule has 0 saturated carbocycles. The van der Waals surface area contributed by atoms with Gasteiger partial charge in [0, 0.05) is 19.2 Å². The second kappa shape index (κ2) is 6.06. The van der Waals surface area contributed by atoms with Crippen molar-refractivity contribution in [2.45, 2.75) is 13.8 Å². The van der Waals surface area contributed by atoms with Crippen LogP contribution in [0.15, 0.2) is 24.3 Å². The Morgan fingerprint density at radius 2 is 2.13 bits per heavy atom. The molecule has 0 saturated heterocycles. The van der Waals surface area contributed by atoms with E-state index >= 15 is 0 Å². The molecule has 0 aromatic heterocycles. The van der Waals surface area contributed by atoms with Gasteiger partial charge in [-0.25, -0.2) is 0 Å². The Bertz CT molecular complexity index is 298. The molecule has 0 amide bonds. The second-order valence-corrected chi connectivity index (χ2v) is 3.18. The Labute approximate surface area is 90.7 Å². The Hall–Kier alpha value is -1.51. The molecule has 0 unspecified atom stereocenters. The van der Waals surface area contributed by atoms with Crippen LogP contribution in [0.5, 0.6) is 0 Å². The topological polar surface area (TPSA) is 29.5 Å². The largest absolute Gasteiger partial charge is 0.464 e. The SMILES string of the molecule is CCN(CCOC(C)=O)c1cc[c]cc1. The smallest absolute Gasteiger partial charge is 0.302 e. The van der Waals surface area contributed by atoms with Crippen LogP contribution in [0.3, 0.4) is 0 Å². The monoisotopic (exact) mass is 206 g/mol. The van der Waals surface area contributed by atoms with Gasteiger partial charge in [-0.15, -0.1) is 0 Å². The third kappa shape index (κ3) is 4.02. The maximum Gasteiger partial charge on any atom is 0.302 e. The highest BCUT2D eigenvalue weighted by Crippen LogP contribution is 2.11. The van der Waals surface area contributed by atoms with Gasteiger partial charge >= 0.3 is 5.97 Å². The molecule has 1 rings (SSSR count). The standard InChI is InChI=1S/C12H16NO2/c1-3-13(9-10-15-11(2)14)12-7-5-4-6-8-12/h5-8H,3,9-10H2,1-2H3. The summed E-state index contributed by atoms with van der Waals surface area (Å²) >= 11 is 0. The molecule has 0 heterocycles. The Morgan fingerprint density at radius 1 is 1.47 bits per heavy atom. The number of rotatable bonds is 5. The summed E-state index contributed by atoms with van der Waals surface area (Å²) in [5.74, 6) is -0.229. The number of hydrogen-bond donors (Lipinski definition) is 0. The summed E-state index contributed by atoms with van der Waals surface area (Å²) in [5.41, 5.74) is 1.13. The highest BCUT2D eigenvalue weighted by Gasteiger charge is 2.03. The van der Waals surface area contributed by atoms with Crippen molar-refractivity contribution in [2.24, 2.45) is 0 Å². The van der Waals surface area contributed by atoms with Crippen LogP contribution in [0.25, 0.3) is 0 Å². The summed E-state index contributed by atoms with van der Waals surface area (Å²) < 4.78 is 4.91. The molecule has 81 valence electrons. The molecule has 3 nitrogen and oxygen atoms in total. The Balaban J connectivity index is 2.46. The van der Waals surface area contributed by atoms with Crippen LogP contribution in [0.1, 0.15) is 13.8 Å². The van der Waals surface area contributed by atoms with E-state index in [1.807, 2.05) is 24.3 Å². The first-order chi connectivity index (χ1) is 7.24. The molecule has 0 aliphatic carbocycles. The molecular weight excluding hydrogens is 190 g/mol. The molecule has 3 heteroatoms. The van der Waals surface area contributed by atoms with Crippen molar-refractivity contribution in [3.05, 3.63) is 30.3 Å². The first-order valence-electron chi connectivity index (χ1n) is 5.08. The van der Waals surface area contributed by atoms with Gasteiger partial charge in [-0.05, 0) is 25.1 Å². The number of carbonyl (C=O) groups is 1. The van der Waals surface area contributed by atoms with Gasteiger partial charge in [-0.2, -0.15) is 0 Å². The summed E-state index contributed by atoms with van der Waals surface area (Å²) in [6, 6.07) is 10.7. The summed E-state index contributed by atoms with van der Waals surface area (Å²) in [7, 11) is 0. The van der Waals surface area contributed by atoms with E-state index in [9.17, 15) is 4.79 Å². The van der Waals surface area contributed by atoms with Crippen LogP contribution in [0.4, 0.5) is 5.69 Å². The van der Waals surface area contributed by atoms with Crippen LogP contribution in [-0.4, -0.2) is 25.7 Å². The highest BCUT2D eigenvalue weighted by molar-refractivity contribution is 5.65. The predicted molar refractivity (Wildman–Crippen MR) is 59.8 cm³/mol. The number of carbonyl (C=O) groups excluding carboxylic acids is 1. The minimum absolute atomic E-state index is 0.229. The highest BCUT2D eigenvalue weighted by atomic mass is 16.5. The molecular formula is C12H16NO2. The van der Waals surface area contributed by atoms with Crippen molar-refractivity contribution in [3.8, 4) is 0 Å². The van der Waals surface area contributed by atoms with Crippen molar-refractivity contribution in [1.29, 1.82) is 0 Å². The van der Waals surface area contributed by atoms with Gasteiger partial charge in [-0.3, -0.25) is 4.79 Å². The summed E-state index contributed by atoms with van der Waals surface area (Å²) in [6.07, 6.45) is 0. The van der Waals surface area contributed by atoms with Gasteiger partial charge in [0.05, 0.1) is 6.54 Å². The molecule has 0 aliphatic heterocycles. The van der Waals surface area contributed by atoms with E-state index < -0.39 is 0 Å². The van der Waals surface area contributed by atoms with Gasteiger partial charge in [-0.1, -0.05) is 12.1 Å². The quantitative estimate of drug-likeness (QED) is 0.689. The van der Waals surface area contributed by atoms with E-state index in [1.165, 1.54) is 6.92 Å². The number of nitrogens with zero attached hydrogens (tertiary/aromatic N) is 1. The van der Waals surface area contributed by atoms with Crippen molar-refractivity contribution in [2.75, 3.05) is 24.6 Å². The predicted octanol–water partition coefficient (Wildman–Crippen LogP) is 1.88. The third-order valence-electron chi connectivity index (χ3n) is 2.11. The molecule has 1 radical (unpaired) electrons. The van der Waals surface area contributed by atoms with Crippen LogP contribution in [0, 0.1) is 6.07 Å². The lowest BCUT2D eigenvalue weighted by molar-refractivity contribution is -0.140. The summed E-state index contributed by atoms with van der Waals surface area (Å²) in [6.45, 7) is 5.55. The Morgan fingerprint density at radius 3 is 2.67 bits per heavy atom. The zero-order valence-corrected chi connectivity index (χ0v) is 9.19. The summed E-state index contributed by atoms with van der Waals surface area (Å²) in [4.78, 5) is 12.8. The van der Waals surface area contributed by atoms with E-state index in [0.29, 0.717) is 6.61 Å². The first-order valence-corrected chi connectivity index (χ1v) is 5.08. The minimum Gasteiger partial charge on any atom is -0.464 e. The van der Waals surface area contributed by atoms with Gasteiger partial charge in [0.25, 0.3) is 0 Å². The average molecular weight is 206 g/mol. The fourth-order valence-corrected chi connectivity index (χ4v) is 1.36. The Kier molecular flexibility index (Phi) is 4.68. The zero-order chi connectivity index (χ0) is 11.1. The lowest BCUT2D eigenvalue weighted by Gasteiger charge is -2.22. The van der Waals surface area contributed by atoms with E-state index in [2.05, 4.69) is 17.9 Å².